The van der Waals surface area contributed by atoms with Gasteiger partial charge >= 0.3 is 0 Å². The fourth-order valence-corrected chi connectivity index (χ4v) is 2.89. The van der Waals surface area contributed by atoms with Gasteiger partial charge in [0.2, 0.25) is 0 Å². The number of anilines is 1. The molecule has 3 rings (SSSR count). The molecule has 3 aromatic rings. The molecule has 0 saturated heterocycles. The minimum absolute atomic E-state index is 0.780. The van der Waals surface area contributed by atoms with Gasteiger partial charge in [0.15, 0.2) is 0 Å². The molecule has 0 aliphatic rings. The summed E-state index contributed by atoms with van der Waals surface area (Å²) in [5, 5.41) is 4.51. The first-order valence-electron chi connectivity index (χ1n) is 5.96. The number of nitrogens with one attached hydrogen (secondary N) is 1. The molecule has 18 heavy (non-hydrogen) atoms. The Morgan fingerprint density at radius 2 is 1.94 bits per heavy atom. The van der Waals surface area contributed by atoms with E-state index < -0.39 is 0 Å². The number of aromatic nitrogens is 1. The number of aryl methyl sites for hydroxylation is 1. The molecule has 0 fully saturated rings. The molecule has 0 unspecified atom stereocenters. The van der Waals surface area contributed by atoms with E-state index in [2.05, 4.69) is 47.6 Å². The second-order valence-corrected chi connectivity index (χ2v) is 5.41. The van der Waals surface area contributed by atoms with E-state index in [9.17, 15) is 0 Å². The maximum atomic E-state index is 4.62. The zero-order valence-electron chi connectivity index (χ0n) is 10.2. The highest BCUT2D eigenvalue weighted by atomic mass is 32.1. The number of nitrogens with zero attached hydrogens (tertiary/aromatic N) is 1. The van der Waals surface area contributed by atoms with Gasteiger partial charge in [0, 0.05) is 5.69 Å². The highest BCUT2D eigenvalue weighted by Gasteiger charge is 2.03. The standard InChI is InChI=1S/C15H14N2S/c1-11-7-8-13-14(9-11)18-15(17-13)10-16-12-5-3-2-4-6-12/h2-9,16H,10H2,1H3. The Morgan fingerprint density at radius 1 is 1.11 bits per heavy atom. The van der Waals surface area contributed by atoms with E-state index >= 15 is 0 Å². The van der Waals surface area contributed by atoms with Gasteiger partial charge in [-0.15, -0.1) is 11.3 Å². The molecule has 90 valence electrons. The molecule has 0 amide bonds. The number of hydrogen-bond donors (Lipinski definition) is 1. The SMILES string of the molecule is Cc1ccc2nc(CNc3ccccc3)sc2c1. The van der Waals surface area contributed by atoms with E-state index in [1.165, 1.54) is 10.3 Å². The van der Waals surface area contributed by atoms with Gasteiger partial charge in [0.1, 0.15) is 5.01 Å². The fraction of sp³-hybridized carbons (Fsp3) is 0.133. The number of rotatable bonds is 3. The predicted molar refractivity (Wildman–Crippen MR) is 78.1 cm³/mol. The van der Waals surface area contributed by atoms with Gasteiger partial charge in [-0.2, -0.15) is 0 Å². The Hall–Kier alpha value is -1.87. The van der Waals surface area contributed by atoms with Crippen molar-refractivity contribution in [3.05, 3.63) is 59.1 Å². The monoisotopic (exact) mass is 254 g/mol. The molecule has 3 heteroatoms. The van der Waals surface area contributed by atoms with Gasteiger partial charge in [0.25, 0.3) is 0 Å². The highest BCUT2D eigenvalue weighted by molar-refractivity contribution is 7.18. The second-order valence-electron chi connectivity index (χ2n) is 4.30. The molecule has 0 saturated carbocycles. The Bertz CT molecular complexity index is 659. The third kappa shape index (κ3) is 2.36. The number of hydrogen-bond acceptors (Lipinski definition) is 3. The van der Waals surface area contributed by atoms with Crippen LogP contribution in [0.4, 0.5) is 5.69 Å². The lowest BCUT2D eigenvalue weighted by molar-refractivity contribution is 1.12. The summed E-state index contributed by atoms with van der Waals surface area (Å²) in [5.74, 6) is 0. The number of benzene rings is 2. The molecular weight excluding hydrogens is 240 g/mol. The molecule has 0 aliphatic carbocycles. The lowest BCUT2D eigenvalue weighted by atomic mass is 10.2. The summed E-state index contributed by atoms with van der Waals surface area (Å²) in [6, 6.07) is 16.6. The van der Waals surface area contributed by atoms with Crippen molar-refractivity contribution in [3.63, 3.8) is 0 Å². The van der Waals surface area contributed by atoms with E-state index in [1.54, 1.807) is 11.3 Å². The molecular formula is C15H14N2S. The minimum Gasteiger partial charge on any atom is -0.379 e. The lowest BCUT2D eigenvalue weighted by Crippen LogP contribution is -1.97. The molecule has 1 aromatic heterocycles. The summed E-state index contributed by atoms with van der Waals surface area (Å²) >= 11 is 1.76. The van der Waals surface area contributed by atoms with Crippen LogP contribution in [-0.2, 0) is 6.54 Å². The van der Waals surface area contributed by atoms with Crippen molar-refractivity contribution >= 4 is 27.2 Å². The average molecular weight is 254 g/mol. The van der Waals surface area contributed by atoms with Crippen molar-refractivity contribution in [2.45, 2.75) is 13.5 Å². The van der Waals surface area contributed by atoms with Crippen LogP contribution >= 0.6 is 11.3 Å². The number of para-hydroxylation sites is 1. The normalized spacial score (nSPS) is 10.7. The molecule has 0 bridgehead atoms. The quantitative estimate of drug-likeness (QED) is 0.757. The number of thiazole rings is 1. The van der Waals surface area contributed by atoms with E-state index in [4.69, 9.17) is 0 Å². The zero-order chi connectivity index (χ0) is 12.4. The van der Waals surface area contributed by atoms with Gasteiger partial charge in [-0.1, -0.05) is 24.3 Å². The van der Waals surface area contributed by atoms with Gasteiger partial charge in [-0.25, -0.2) is 4.98 Å². The van der Waals surface area contributed by atoms with Crippen LogP contribution < -0.4 is 5.32 Å². The molecule has 0 spiro atoms. The van der Waals surface area contributed by atoms with Gasteiger partial charge < -0.3 is 5.32 Å². The maximum Gasteiger partial charge on any atom is 0.113 e. The molecule has 0 atom stereocenters. The zero-order valence-corrected chi connectivity index (χ0v) is 11.0. The van der Waals surface area contributed by atoms with Gasteiger partial charge in [-0.3, -0.25) is 0 Å². The number of fused-ring (bicyclic) bond motifs is 1. The summed E-state index contributed by atoms with van der Waals surface area (Å²) in [4.78, 5) is 4.62. The molecule has 0 radical (unpaired) electrons. The lowest BCUT2D eigenvalue weighted by Gasteiger charge is -2.02. The summed E-state index contributed by atoms with van der Waals surface area (Å²) in [5.41, 5.74) is 3.51. The summed E-state index contributed by atoms with van der Waals surface area (Å²) < 4.78 is 1.26. The summed E-state index contributed by atoms with van der Waals surface area (Å²) in [6.07, 6.45) is 0. The molecule has 1 N–H and O–H groups in total. The van der Waals surface area contributed by atoms with Gasteiger partial charge in [0.05, 0.1) is 16.8 Å². The summed E-state index contributed by atoms with van der Waals surface area (Å²) in [7, 11) is 0. The van der Waals surface area contributed by atoms with Crippen LogP contribution in [0.5, 0.6) is 0 Å². The molecule has 1 heterocycles. The first-order valence-corrected chi connectivity index (χ1v) is 6.78. The van der Waals surface area contributed by atoms with Crippen molar-refractivity contribution in [1.29, 1.82) is 0 Å². The Morgan fingerprint density at radius 3 is 2.78 bits per heavy atom. The molecule has 0 aliphatic heterocycles. The Kier molecular flexibility index (Phi) is 2.99. The average Bonchev–Trinajstić information content (AvgIpc) is 2.79. The van der Waals surface area contributed by atoms with Crippen LogP contribution in [0.25, 0.3) is 10.2 Å². The highest BCUT2D eigenvalue weighted by Crippen LogP contribution is 2.23. The summed E-state index contributed by atoms with van der Waals surface area (Å²) in [6.45, 7) is 2.89. The van der Waals surface area contributed by atoms with Crippen LogP contribution in [0.1, 0.15) is 10.6 Å². The van der Waals surface area contributed by atoms with E-state index in [0.29, 0.717) is 0 Å². The second kappa shape index (κ2) is 4.78. The van der Waals surface area contributed by atoms with Crippen molar-refractivity contribution in [3.8, 4) is 0 Å². The topological polar surface area (TPSA) is 24.9 Å². The molecule has 2 aromatic carbocycles. The maximum absolute atomic E-state index is 4.62. The van der Waals surface area contributed by atoms with Crippen LogP contribution in [0, 0.1) is 6.92 Å². The molecule has 2 nitrogen and oxygen atoms in total. The van der Waals surface area contributed by atoms with Crippen molar-refractivity contribution in [2.75, 3.05) is 5.32 Å². The Balaban J connectivity index is 1.79. The van der Waals surface area contributed by atoms with E-state index in [0.717, 1.165) is 22.8 Å². The predicted octanol–water partition coefficient (Wildman–Crippen LogP) is 4.22. The Labute approximate surface area is 110 Å². The minimum atomic E-state index is 0.780. The van der Waals surface area contributed by atoms with Crippen LogP contribution in [0.3, 0.4) is 0 Å². The van der Waals surface area contributed by atoms with Crippen LogP contribution in [0.2, 0.25) is 0 Å². The van der Waals surface area contributed by atoms with Gasteiger partial charge in [-0.05, 0) is 36.8 Å². The third-order valence-corrected chi connectivity index (χ3v) is 3.82. The first-order chi connectivity index (χ1) is 8.81. The smallest absolute Gasteiger partial charge is 0.113 e. The van der Waals surface area contributed by atoms with Crippen molar-refractivity contribution in [2.24, 2.45) is 0 Å². The van der Waals surface area contributed by atoms with E-state index in [-0.39, 0.29) is 0 Å². The fourth-order valence-electron chi connectivity index (χ4n) is 1.89. The largest absolute Gasteiger partial charge is 0.379 e. The van der Waals surface area contributed by atoms with Crippen LogP contribution in [0.15, 0.2) is 48.5 Å². The first kappa shape index (κ1) is 11.2. The van der Waals surface area contributed by atoms with Crippen molar-refractivity contribution < 1.29 is 0 Å². The van der Waals surface area contributed by atoms with E-state index in [1.807, 2.05) is 18.2 Å². The van der Waals surface area contributed by atoms with Crippen molar-refractivity contribution in [1.82, 2.24) is 4.98 Å². The van der Waals surface area contributed by atoms with Crippen LogP contribution in [-0.4, -0.2) is 4.98 Å². The third-order valence-electron chi connectivity index (χ3n) is 2.81.